The van der Waals surface area contributed by atoms with E-state index in [1.807, 2.05) is 11.8 Å². The summed E-state index contributed by atoms with van der Waals surface area (Å²) in [5.41, 5.74) is 1.30. The number of rotatable bonds is 6. The highest BCUT2D eigenvalue weighted by atomic mass is 32.2. The van der Waals surface area contributed by atoms with Gasteiger partial charge in [0.15, 0.2) is 4.34 Å². The lowest BCUT2D eigenvalue weighted by molar-refractivity contribution is -0.131. The van der Waals surface area contributed by atoms with E-state index in [2.05, 4.69) is 40.8 Å². The summed E-state index contributed by atoms with van der Waals surface area (Å²) in [6.45, 7) is 8.70. The number of carbonyl (C=O) groups excluding carboxylic acids is 1. The Kier molecular flexibility index (Phi) is 5.78. The van der Waals surface area contributed by atoms with E-state index in [0.29, 0.717) is 5.92 Å². The monoisotopic (exact) mass is 382 g/mol. The van der Waals surface area contributed by atoms with Crippen molar-refractivity contribution in [1.29, 1.82) is 0 Å². The molecule has 0 aromatic carbocycles. The summed E-state index contributed by atoms with van der Waals surface area (Å²) in [4.78, 5) is 16.1. The first-order valence-corrected chi connectivity index (χ1v) is 10.7. The van der Waals surface area contributed by atoms with Gasteiger partial charge in [-0.3, -0.25) is 4.79 Å². The third-order valence-corrected chi connectivity index (χ3v) is 6.89. The fourth-order valence-corrected chi connectivity index (χ4v) is 5.39. The van der Waals surface area contributed by atoms with E-state index in [1.54, 1.807) is 11.3 Å². The molecular weight excluding hydrogens is 360 g/mol. The van der Waals surface area contributed by atoms with Crippen molar-refractivity contribution in [3.05, 3.63) is 21.9 Å². The minimum Gasteiger partial charge on any atom is -0.360 e. The quantitative estimate of drug-likeness (QED) is 0.772. The standard InChI is InChI=1S/C16H22N4OS3/c1-10(2)8-17-15-18-19-16(24-15)23-11(3)14(21)20-6-4-13-12(9-20)5-7-22-13/h5,7,10-11H,4,6,8-9H2,1-3H3,(H,17,18). The number of fused-ring (bicyclic) bond motifs is 1. The van der Waals surface area contributed by atoms with Crippen LogP contribution in [0.4, 0.5) is 5.13 Å². The van der Waals surface area contributed by atoms with Gasteiger partial charge in [0, 0.05) is 24.5 Å². The summed E-state index contributed by atoms with van der Waals surface area (Å²) >= 11 is 4.81. The molecule has 0 saturated carbocycles. The lowest BCUT2D eigenvalue weighted by atomic mass is 10.1. The molecule has 130 valence electrons. The van der Waals surface area contributed by atoms with Crippen LogP contribution in [0, 0.1) is 5.92 Å². The van der Waals surface area contributed by atoms with E-state index in [9.17, 15) is 4.79 Å². The molecule has 2 aromatic heterocycles. The zero-order valence-corrected chi connectivity index (χ0v) is 16.6. The second kappa shape index (κ2) is 7.84. The van der Waals surface area contributed by atoms with Gasteiger partial charge in [-0.2, -0.15) is 0 Å². The predicted octanol–water partition coefficient (Wildman–Crippen LogP) is 3.73. The summed E-state index contributed by atoms with van der Waals surface area (Å²) in [5.74, 6) is 0.746. The Morgan fingerprint density at radius 2 is 2.25 bits per heavy atom. The molecular formula is C16H22N4OS3. The third kappa shape index (κ3) is 4.29. The fraction of sp³-hybridized carbons (Fsp3) is 0.562. The van der Waals surface area contributed by atoms with E-state index in [-0.39, 0.29) is 11.2 Å². The van der Waals surface area contributed by atoms with Crippen LogP contribution >= 0.6 is 34.4 Å². The van der Waals surface area contributed by atoms with Gasteiger partial charge in [-0.05, 0) is 36.3 Å². The van der Waals surface area contributed by atoms with Crippen LogP contribution in [0.25, 0.3) is 0 Å². The van der Waals surface area contributed by atoms with Gasteiger partial charge in [0.05, 0.1) is 5.25 Å². The summed E-state index contributed by atoms with van der Waals surface area (Å²) in [6, 6.07) is 2.13. The Morgan fingerprint density at radius 1 is 1.42 bits per heavy atom. The number of anilines is 1. The molecule has 5 nitrogen and oxygen atoms in total. The van der Waals surface area contributed by atoms with Crippen LogP contribution < -0.4 is 5.32 Å². The molecule has 0 radical (unpaired) electrons. The number of carbonyl (C=O) groups is 1. The molecule has 1 unspecified atom stereocenters. The van der Waals surface area contributed by atoms with Crippen LogP contribution in [-0.4, -0.2) is 39.3 Å². The first-order valence-electron chi connectivity index (χ1n) is 8.11. The average Bonchev–Trinajstić information content (AvgIpc) is 3.20. The number of hydrogen-bond acceptors (Lipinski definition) is 7. The predicted molar refractivity (Wildman–Crippen MR) is 102 cm³/mol. The SMILES string of the molecule is CC(C)CNc1nnc(SC(C)C(=O)N2CCc3sccc3C2)s1. The maximum atomic E-state index is 12.7. The van der Waals surface area contributed by atoms with Crippen LogP contribution in [-0.2, 0) is 17.8 Å². The second-order valence-electron chi connectivity index (χ2n) is 6.29. The van der Waals surface area contributed by atoms with Crippen LogP contribution in [0.1, 0.15) is 31.2 Å². The zero-order chi connectivity index (χ0) is 17.1. The molecule has 0 fully saturated rings. The fourth-order valence-electron chi connectivity index (χ4n) is 2.52. The smallest absolute Gasteiger partial charge is 0.236 e. The average molecular weight is 383 g/mol. The van der Waals surface area contributed by atoms with Crippen LogP contribution in [0.15, 0.2) is 15.8 Å². The molecule has 1 aliphatic heterocycles. The van der Waals surface area contributed by atoms with Crippen molar-refractivity contribution in [3.63, 3.8) is 0 Å². The van der Waals surface area contributed by atoms with E-state index < -0.39 is 0 Å². The maximum Gasteiger partial charge on any atom is 0.236 e. The second-order valence-corrected chi connectivity index (χ2v) is 9.85. The molecule has 0 aliphatic carbocycles. The highest BCUT2D eigenvalue weighted by molar-refractivity contribution is 8.02. The third-order valence-electron chi connectivity index (χ3n) is 3.81. The van der Waals surface area contributed by atoms with Crippen molar-refractivity contribution >= 4 is 45.5 Å². The van der Waals surface area contributed by atoms with Gasteiger partial charge < -0.3 is 10.2 Å². The first kappa shape index (κ1) is 17.7. The van der Waals surface area contributed by atoms with Crippen LogP contribution in [0.2, 0.25) is 0 Å². The van der Waals surface area contributed by atoms with Gasteiger partial charge >= 0.3 is 0 Å². The minimum absolute atomic E-state index is 0.143. The number of aromatic nitrogens is 2. The minimum atomic E-state index is -0.143. The highest BCUT2D eigenvalue weighted by Gasteiger charge is 2.26. The molecule has 3 heterocycles. The summed E-state index contributed by atoms with van der Waals surface area (Å²) in [5, 5.41) is 14.4. The molecule has 1 amide bonds. The van der Waals surface area contributed by atoms with Crippen molar-refractivity contribution in [3.8, 4) is 0 Å². The van der Waals surface area contributed by atoms with E-state index in [0.717, 1.165) is 35.5 Å². The normalized spacial score (nSPS) is 15.4. The first-order chi connectivity index (χ1) is 11.5. The van der Waals surface area contributed by atoms with E-state index >= 15 is 0 Å². The number of thioether (sulfide) groups is 1. The molecule has 0 spiro atoms. The summed E-state index contributed by atoms with van der Waals surface area (Å²) < 4.78 is 0.843. The Labute approximate surface area is 154 Å². The van der Waals surface area contributed by atoms with Gasteiger partial charge in [-0.15, -0.1) is 21.5 Å². The Hall–Kier alpha value is -1.12. The van der Waals surface area contributed by atoms with Gasteiger partial charge in [0.2, 0.25) is 11.0 Å². The lowest BCUT2D eigenvalue weighted by Gasteiger charge is -2.28. The van der Waals surface area contributed by atoms with Crippen molar-refractivity contribution < 1.29 is 4.79 Å². The summed E-state index contributed by atoms with van der Waals surface area (Å²) in [6.07, 6.45) is 0.970. The molecule has 8 heteroatoms. The zero-order valence-electron chi connectivity index (χ0n) is 14.1. The van der Waals surface area contributed by atoms with E-state index in [4.69, 9.17) is 0 Å². The molecule has 1 aliphatic rings. The Bertz CT molecular complexity index is 697. The molecule has 24 heavy (non-hydrogen) atoms. The number of nitrogens with one attached hydrogen (secondary N) is 1. The van der Waals surface area contributed by atoms with Gasteiger partial charge in [-0.25, -0.2) is 0 Å². The molecule has 3 rings (SSSR count). The van der Waals surface area contributed by atoms with Gasteiger partial charge in [0.25, 0.3) is 0 Å². The summed E-state index contributed by atoms with van der Waals surface area (Å²) in [7, 11) is 0. The van der Waals surface area contributed by atoms with Crippen LogP contribution in [0.5, 0.6) is 0 Å². The van der Waals surface area contributed by atoms with Crippen molar-refractivity contribution in [2.75, 3.05) is 18.4 Å². The molecule has 1 atom stereocenters. The topological polar surface area (TPSA) is 58.1 Å². The Balaban J connectivity index is 1.55. The molecule has 0 saturated heterocycles. The van der Waals surface area contributed by atoms with Crippen molar-refractivity contribution in [2.45, 2.75) is 43.3 Å². The largest absolute Gasteiger partial charge is 0.360 e. The van der Waals surface area contributed by atoms with Gasteiger partial charge in [-0.1, -0.05) is 36.9 Å². The van der Waals surface area contributed by atoms with Crippen LogP contribution in [0.3, 0.4) is 0 Å². The molecule has 2 aromatic rings. The number of nitrogens with zero attached hydrogens (tertiary/aromatic N) is 3. The lowest BCUT2D eigenvalue weighted by Crippen LogP contribution is -2.39. The Morgan fingerprint density at radius 3 is 3.04 bits per heavy atom. The highest BCUT2D eigenvalue weighted by Crippen LogP contribution is 2.31. The van der Waals surface area contributed by atoms with Crippen molar-refractivity contribution in [2.24, 2.45) is 5.92 Å². The number of amides is 1. The number of hydrogen-bond donors (Lipinski definition) is 1. The van der Waals surface area contributed by atoms with E-state index in [1.165, 1.54) is 33.5 Å². The molecule has 1 N–H and O–H groups in total. The molecule has 0 bridgehead atoms. The van der Waals surface area contributed by atoms with Gasteiger partial charge in [0.1, 0.15) is 0 Å². The maximum absolute atomic E-state index is 12.7. The van der Waals surface area contributed by atoms with Crippen molar-refractivity contribution in [1.82, 2.24) is 15.1 Å². The number of thiophene rings is 1.